The van der Waals surface area contributed by atoms with Gasteiger partial charge in [0.2, 0.25) is 34.6 Å². The molecule has 2 N–H and O–H groups in total. The van der Waals surface area contributed by atoms with Crippen LogP contribution < -0.4 is 8.51 Å². The van der Waals surface area contributed by atoms with Crippen molar-refractivity contribution in [2.24, 2.45) is 0 Å². The van der Waals surface area contributed by atoms with E-state index >= 15 is 0 Å². The van der Waals surface area contributed by atoms with E-state index in [0.717, 1.165) is 17.6 Å². The Morgan fingerprint density at radius 3 is 2.79 bits per heavy atom. The maximum atomic E-state index is 6.45. The molecule has 0 spiro atoms. The quantitative estimate of drug-likeness (QED) is 0.320. The SMILES string of the molecule is CSCO[C@H]1C[C@H](n2c[n+](I)c3c(N)ncnc32)O[C@@H]1CO[Si](C)(C)C(C)(C)C. The number of thioether (sulfide) groups is 1. The molecular weight excluding hydrogens is 521 g/mol. The van der Waals surface area contributed by atoms with E-state index in [1.54, 1.807) is 11.8 Å². The summed E-state index contributed by atoms with van der Waals surface area (Å²) >= 11 is 3.85. The molecule has 3 rings (SSSR count). The lowest BCUT2D eigenvalue weighted by atomic mass is 10.2. The van der Waals surface area contributed by atoms with Crippen molar-refractivity contribution in [3.8, 4) is 0 Å². The predicted octanol–water partition coefficient (Wildman–Crippen LogP) is 3.51. The van der Waals surface area contributed by atoms with E-state index in [9.17, 15) is 0 Å². The zero-order valence-corrected chi connectivity index (χ0v) is 21.9. The van der Waals surface area contributed by atoms with Gasteiger partial charge in [0, 0.05) is 6.42 Å². The zero-order chi connectivity index (χ0) is 21.4. The van der Waals surface area contributed by atoms with Crippen LogP contribution in [0.5, 0.6) is 0 Å². The first-order valence-corrected chi connectivity index (χ1v) is 14.9. The van der Waals surface area contributed by atoms with Crippen LogP contribution in [-0.2, 0) is 13.9 Å². The Kier molecular flexibility index (Phi) is 7.16. The van der Waals surface area contributed by atoms with Crippen molar-refractivity contribution in [1.29, 1.82) is 0 Å². The molecule has 8 nitrogen and oxygen atoms in total. The zero-order valence-electron chi connectivity index (χ0n) is 17.9. The van der Waals surface area contributed by atoms with Crippen LogP contribution in [0.1, 0.15) is 33.4 Å². The minimum atomic E-state index is -1.87. The fourth-order valence-electron chi connectivity index (χ4n) is 3.07. The summed E-state index contributed by atoms with van der Waals surface area (Å²) in [6.07, 6.45) is 5.85. The maximum absolute atomic E-state index is 6.45. The molecule has 0 unspecified atom stereocenters. The van der Waals surface area contributed by atoms with Gasteiger partial charge in [0.25, 0.3) is 12.0 Å². The van der Waals surface area contributed by atoms with Gasteiger partial charge in [0.15, 0.2) is 14.1 Å². The van der Waals surface area contributed by atoms with Crippen LogP contribution in [-0.4, -0.2) is 53.9 Å². The number of fused-ring (bicyclic) bond motifs is 1. The maximum Gasteiger partial charge on any atom is 0.276 e. The molecule has 0 radical (unpaired) electrons. The van der Waals surface area contributed by atoms with E-state index in [2.05, 4.69) is 66.7 Å². The number of ether oxygens (including phenoxy) is 2. The van der Waals surface area contributed by atoms with Crippen molar-refractivity contribution in [2.45, 2.75) is 63.8 Å². The smallest absolute Gasteiger partial charge is 0.276 e. The van der Waals surface area contributed by atoms with E-state index in [-0.39, 0.29) is 23.5 Å². The van der Waals surface area contributed by atoms with E-state index < -0.39 is 8.32 Å². The van der Waals surface area contributed by atoms with Crippen LogP contribution in [0.15, 0.2) is 12.7 Å². The molecule has 29 heavy (non-hydrogen) atoms. The summed E-state index contributed by atoms with van der Waals surface area (Å²) in [4.78, 5) is 8.54. The molecule has 11 heteroatoms. The number of nitrogen functional groups attached to an aromatic ring is 1. The summed E-state index contributed by atoms with van der Waals surface area (Å²) in [6.45, 7) is 11.8. The molecule has 3 atom stereocenters. The molecule has 3 heterocycles. The molecule has 1 aliphatic rings. The Morgan fingerprint density at radius 1 is 1.41 bits per heavy atom. The molecular formula is C18H31IN5O3SSi+. The Bertz CT molecular complexity index is 860. The van der Waals surface area contributed by atoms with Gasteiger partial charge in [-0.3, -0.25) is 0 Å². The fraction of sp³-hybridized carbons (Fsp3) is 0.722. The lowest BCUT2D eigenvalue weighted by molar-refractivity contribution is -0.410. The molecule has 0 amide bonds. The van der Waals surface area contributed by atoms with Gasteiger partial charge in [-0.15, -0.1) is 11.8 Å². The first-order chi connectivity index (χ1) is 13.5. The van der Waals surface area contributed by atoms with Gasteiger partial charge in [-0.1, -0.05) is 20.8 Å². The van der Waals surface area contributed by atoms with E-state index in [4.69, 9.17) is 19.6 Å². The Morgan fingerprint density at radius 2 is 2.14 bits per heavy atom. The fourth-order valence-corrected chi connectivity index (χ4v) is 5.12. The van der Waals surface area contributed by atoms with Gasteiger partial charge in [-0.2, -0.15) is 12.3 Å². The Hall–Kier alpha value is -0.473. The van der Waals surface area contributed by atoms with Crippen LogP contribution in [0.4, 0.5) is 5.82 Å². The van der Waals surface area contributed by atoms with Crippen molar-refractivity contribution in [3.63, 3.8) is 0 Å². The van der Waals surface area contributed by atoms with Gasteiger partial charge >= 0.3 is 0 Å². The highest BCUT2D eigenvalue weighted by Crippen LogP contribution is 2.38. The third-order valence-electron chi connectivity index (χ3n) is 5.82. The topological polar surface area (TPSA) is 88.3 Å². The van der Waals surface area contributed by atoms with Crippen molar-refractivity contribution in [2.75, 3.05) is 24.5 Å². The first kappa shape index (κ1) is 23.2. The number of nitrogens with zero attached hydrogens (tertiary/aromatic N) is 4. The number of nitrogens with two attached hydrogens (primary N) is 1. The Labute approximate surface area is 191 Å². The summed E-state index contributed by atoms with van der Waals surface area (Å²) in [6, 6.07) is 0. The first-order valence-electron chi connectivity index (χ1n) is 9.64. The monoisotopic (exact) mass is 552 g/mol. The predicted molar refractivity (Wildman–Crippen MR) is 126 cm³/mol. The number of halogens is 1. The number of rotatable bonds is 7. The highest BCUT2D eigenvalue weighted by molar-refractivity contribution is 14.1. The van der Waals surface area contributed by atoms with E-state index in [1.807, 2.05) is 19.9 Å². The summed E-state index contributed by atoms with van der Waals surface area (Å²) in [5, 5.41) is 0.151. The molecule has 1 fully saturated rings. The van der Waals surface area contributed by atoms with Crippen molar-refractivity contribution in [1.82, 2.24) is 14.5 Å². The average molecular weight is 553 g/mol. The van der Waals surface area contributed by atoms with Gasteiger partial charge in [-0.05, 0) is 24.4 Å². The number of aromatic nitrogens is 4. The van der Waals surface area contributed by atoms with Gasteiger partial charge in [0.05, 0.1) is 18.6 Å². The molecule has 1 aliphatic heterocycles. The summed E-state index contributed by atoms with van der Waals surface area (Å²) < 4.78 is 22.9. The second-order valence-corrected chi connectivity index (χ2v) is 15.5. The van der Waals surface area contributed by atoms with Gasteiger partial charge < -0.3 is 19.6 Å². The lowest BCUT2D eigenvalue weighted by Gasteiger charge is -2.37. The van der Waals surface area contributed by atoms with Crippen LogP contribution in [0.2, 0.25) is 18.1 Å². The molecule has 2 aromatic rings. The molecule has 0 aliphatic carbocycles. The van der Waals surface area contributed by atoms with Crippen LogP contribution in [0, 0.1) is 0 Å². The third kappa shape index (κ3) is 4.90. The molecule has 162 valence electrons. The van der Waals surface area contributed by atoms with Crippen molar-refractivity contribution >= 4 is 59.9 Å². The van der Waals surface area contributed by atoms with Crippen LogP contribution >= 0.6 is 34.6 Å². The average Bonchev–Trinajstić information content (AvgIpc) is 3.19. The standard InChI is InChI=1S/C18H31IN5O3SSi/c1-18(2,3)29(5,6)26-8-13-12(25-11-28-4)7-14(27-13)23-10-24(19)15-16(20)21-9-22-17(15)23/h9-10,12-14H,7-8,11H2,1-6H3,(H2,20,21,22)/q+1/t12-,13+,14+/m0/s1. The minimum absolute atomic E-state index is 0.0310. The molecule has 2 aromatic heterocycles. The van der Waals surface area contributed by atoms with E-state index in [0.29, 0.717) is 18.4 Å². The van der Waals surface area contributed by atoms with Crippen molar-refractivity contribution in [3.05, 3.63) is 12.7 Å². The second kappa shape index (κ2) is 8.95. The van der Waals surface area contributed by atoms with Gasteiger partial charge in [0.1, 0.15) is 12.4 Å². The second-order valence-electron chi connectivity index (χ2n) is 8.81. The van der Waals surface area contributed by atoms with Crippen LogP contribution in [0.25, 0.3) is 11.2 Å². The Balaban J connectivity index is 1.82. The van der Waals surface area contributed by atoms with Gasteiger partial charge in [-0.25, -0.2) is 4.98 Å². The molecule has 0 saturated carbocycles. The number of imidazole rings is 1. The number of anilines is 1. The summed E-state index contributed by atoms with van der Waals surface area (Å²) in [7, 11) is -1.87. The summed E-state index contributed by atoms with van der Waals surface area (Å²) in [5.74, 6) is 1.08. The minimum Gasteiger partial charge on any atom is -0.414 e. The normalized spacial score (nSPS) is 23.2. The highest BCUT2D eigenvalue weighted by atomic mass is 127. The van der Waals surface area contributed by atoms with Crippen LogP contribution in [0.3, 0.4) is 0 Å². The largest absolute Gasteiger partial charge is 0.414 e. The van der Waals surface area contributed by atoms with Crippen molar-refractivity contribution < 1.29 is 16.7 Å². The van der Waals surface area contributed by atoms with E-state index in [1.165, 1.54) is 6.33 Å². The molecule has 1 saturated heterocycles. The highest BCUT2D eigenvalue weighted by Gasteiger charge is 2.44. The number of hydrogen-bond acceptors (Lipinski definition) is 7. The summed E-state index contributed by atoms with van der Waals surface area (Å²) in [5.41, 5.74) is 7.60. The molecule has 0 aromatic carbocycles. The lowest BCUT2D eigenvalue weighted by Crippen LogP contribution is -2.44. The third-order valence-corrected chi connectivity index (χ3v) is 11.4. The molecule has 0 bridgehead atoms. The number of hydrogen-bond donors (Lipinski definition) is 1.